The van der Waals surface area contributed by atoms with Crippen molar-refractivity contribution in [2.75, 3.05) is 13.2 Å². The lowest BCUT2D eigenvalue weighted by molar-refractivity contribution is -0.0109. The van der Waals surface area contributed by atoms with Gasteiger partial charge in [-0.05, 0) is 36.8 Å². The molecule has 2 rings (SSSR count). The van der Waals surface area contributed by atoms with Gasteiger partial charge in [0, 0.05) is 0 Å². The van der Waals surface area contributed by atoms with E-state index >= 15 is 0 Å². The zero-order valence-electron chi connectivity index (χ0n) is 11.4. The van der Waals surface area contributed by atoms with E-state index < -0.39 is 0 Å². The van der Waals surface area contributed by atoms with E-state index in [-0.39, 0.29) is 18.8 Å². The van der Waals surface area contributed by atoms with E-state index in [0.29, 0.717) is 6.61 Å². The van der Waals surface area contributed by atoms with Gasteiger partial charge in [-0.1, -0.05) is 30.3 Å². The number of fused-ring (bicyclic) bond motifs is 1. The number of aliphatic hydroxyl groups is 1. The van der Waals surface area contributed by atoms with E-state index in [1.807, 2.05) is 38.1 Å². The normalized spacial score (nSPS) is 14.3. The summed E-state index contributed by atoms with van der Waals surface area (Å²) in [4.78, 5) is 0. The fraction of sp³-hybridized carbons (Fsp3) is 0.375. The summed E-state index contributed by atoms with van der Waals surface area (Å²) in [7, 11) is 0. The second-order valence-electron chi connectivity index (χ2n) is 4.76. The summed E-state index contributed by atoms with van der Waals surface area (Å²) in [5.41, 5.74) is 0. The van der Waals surface area contributed by atoms with Crippen LogP contribution in [0.1, 0.15) is 13.8 Å². The van der Waals surface area contributed by atoms with E-state index in [2.05, 4.69) is 18.2 Å². The van der Waals surface area contributed by atoms with Crippen molar-refractivity contribution in [1.82, 2.24) is 0 Å². The monoisotopic (exact) mass is 260 g/mol. The smallest absolute Gasteiger partial charge is 0.120 e. The third-order valence-corrected chi connectivity index (χ3v) is 2.93. The molecule has 2 aromatic carbocycles. The van der Waals surface area contributed by atoms with E-state index in [4.69, 9.17) is 14.6 Å². The molecule has 0 amide bonds. The first-order valence-corrected chi connectivity index (χ1v) is 6.57. The Bertz CT molecular complexity index is 524. The molecule has 0 aliphatic carbocycles. The SMILES string of the molecule is CC(CO)OCC(C)Oc1ccc2ccccc2c1. The Morgan fingerprint density at radius 2 is 1.74 bits per heavy atom. The maximum Gasteiger partial charge on any atom is 0.120 e. The van der Waals surface area contributed by atoms with Gasteiger partial charge in [-0.3, -0.25) is 0 Å². The molecule has 0 bridgehead atoms. The first-order chi connectivity index (χ1) is 9.19. The average Bonchev–Trinajstić information content (AvgIpc) is 2.44. The second kappa shape index (κ2) is 6.55. The quantitative estimate of drug-likeness (QED) is 0.867. The molecule has 102 valence electrons. The van der Waals surface area contributed by atoms with Gasteiger partial charge in [0.1, 0.15) is 11.9 Å². The van der Waals surface area contributed by atoms with E-state index in [1.165, 1.54) is 5.39 Å². The first-order valence-electron chi connectivity index (χ1n) is 6.57. The molecule has 0 saturated heterocycles. The molecule has 3 nitrogen and oxygen atoms in total. The molecule has 0 fully saturated rings. The predicted octanol–water partition coefficient (Wildman–Crippen LogP) is 3.00. The standard InChI is InChI=1S/C16H20O3/c1-12(10-17)18-11-13(2)19-16-8-7-14-5-3-4-6-15(14)9-16/h3-9,12-13,17H,10-11H2,1-2H3. The maximum absolute atomic E-state index is 8.89. The molecule has 0 saturated carbocycles. The van der Waals surface area contributed by atoms with Crippen LogP contribution in [0.2, 0.25) is 0 Å². The summed E-state index contributed by atoms with van der Waals surface area (Å²) in [5.74, 6) is 0.839. The highest BCUT2D eigenvalue weighted by molar-refractivity contribution is 5.83. The van der Waals surface area contributed by atoms with Crippen LogP contribution in [0.3, 0.4) is 0 Å². The molecule has 3 heteroatoms. The number of aliphatic hydroxyl groups excluding tert-OH is 1. The third kappa shape index (κ3) is 3.94. The molecule has 2 atom stereocenters. The lowest BCUT2D eigenvalue weighted by Gasteiger charge is -2.17. The van der Waals surface area contributed by atoms with Gasteiger partial charge in [0.25, 0.3) is 0 Å². The number of hydrogen-bond acceptors (Lipinski definition) is 3. The van der Waals surface area contributed by atoms with Crippen LogP contribution in [0.15, 0.2) is 42.5 Å². The average molecular weight is 260 g/mol. The second-order valence-corrected chi connectivity index (χ2v) is 4.76. The van der Waals surface area contributed by atoms with Crippen LogP contribution in [0, 0.1) is 0 Å². The molecule has 19 heavy (non-hydrogen) atoms. The van der Waals surface area contributed by atoms with Crippen LogP contribution in [-0.2, 0) is 4.74 Å². The lowest BCUT2D eigenvalue weighted by Crippen LogP contribution is -2.24. The minimum absolute atomic E-state index is 0.0305. The van der Waals surface area contributed by atoms with Crippen LogP contribution < -0.4 is 4.74 Å². The minimum atomic E-state index is -0.150. The molecule has 0 spiro atoms. The molecule has 2 aromatic rings. The fourth-order valence-corrected chi connectivity index (χ4v) is 1.86. The Hall–Kier alpha value is -1.58. The maximum atomic E-state index is 8.89. The predicted molar refractivity (Wildman–Crippen MR) is 76.5 cm³/mol. The highest BCUT2D eigenvalue weighted by Gasteiger charge is 2.07. The Morgan fingerprint density at radius 3 is 2.47 bits per heavy atom. The summed E-state index contributed by atoms with van der Waals surface area (Å²) < 4.78 is 11.2. The number of ether oxygens (including phenoxy) is 2. The fourth-order valence-electron chi connectivity index (χ4n) is 1.86. The molecule has 0 radical (unpaired) electrons. The van der Waals surface area contributed by atoms with Gasteiger partial charge < -0.3 is 14.6 Å². The van der Waals surface area contributed by atoms with Crippen molar-refractivity contribution in [2.45, 2.75) is 26.1 Å². The van der Waals surface area contributed by atoms with Crippen LogP contribution in [0.4, 0.5) is 0 Å². The summed E-state index contributed by atoms with van der Waals surface area (Å²) >= 11 is 0. The molecule has 2 unspecified atom stereocenters. The molecule has 1 N–H and O–H groups in total. The minimum Gasteiger partial charge on any atom is -0.488 e. The van der Waals surface area contributed by atoms with E-state index in [9.17, 15) is 0 Å². The Morgan fingerprint density at radius 1 is 1.00 bits per heavy atom. The summed E-state index contributed by atoms with van der Waals surface area (Å²) in [5, 5.41) is 11.3. The van der Waals surface area contributed by atoms with Crippen LogP contribution >= 0.6 is 0 Å². The van der Waals surface area contributed by atoms with Crippen LogP contribution in [0.25, 0.3) is 10.8 Å². The molecule has 0 aliphatic rings. The van der Waals surface area contributed by atoms with Gasteiger partial charge in [0.15, 0.2) is 0 Å². The van der Waals surface area contributed by atoms with Crippen LogP contribution in [-0.4, -0.2) is 30.5 Å². The Kier molecular flexibility index (Phi) is 4.77. The third-order valence-electron chi connectivity index (χ3n) is 2.93. The van der Waals surface area contributed by atoms with Crippen molar-refractivity contribution in [3.8, 4) is 5.75 Å². The molecular formula is C16H20O3. The van der Waals surface area contributed by atoms with Gasteiger partial charge in [-0.2, -0.15) is 0 Å². The van der Waals surface area contributed by atoms with Crippen molar-refractivity contribution in [3.63, 3.8) is 0 Å². The summed E-state index contributed by atoms with van der Waals surface area (Å²) in [6.45, 7) is 4.29. The zero-order chi connectivity index (χ0) is 13.7. The number of benzene rings is 2. The topological polar surface area (TPSA) is 38.7 Å². The molecule has 0 heterocycles. The van der Waals surface area contributed by atoms with Gasteiger partial charge in [-0.25, -0.2) is 0 Å². The van der Waals surface area contributed by atoms with Gasteiger partial charge in [-0.15, -0.1) is 0 Å². The summed E-state index contributed by atoms with van der Waals surface area (Å²) in [6.07, 6.45) is -0.196. The van der Waals surface area contributed by atoms with Gasteiger partial charge >= 0.3 is 0 Å². The highest BCUT2D eigenvalue weighted by atomic mass is 16.5. The summed E-state index contributed by atoms with van der Waals surface area (Å²) in [6, 6.07) is 14.2. The van der Waals surface area contributed by atoms with Crippen LogP contribution in [0.5, 0.6) is 5.75 Å². The van der Waals surface area contributed by atoms with Gasteiger partial charge in [0.05, 0.1) is 19.3 Å². The zero-order valence-corrected chi connectivity index (χ0v) is 11.4. The van der Waals surface area contributed by atoms with Crippen molar-refractivity contribution in [3.05, 3.63) is 42.5 Å². The number of hydrogen-bond donors (Lipinski definition) is 1. The van der Waals surface area contributed by atoms with E-state index in [1.54, 1.807) is 0 Å². The first kappa shape index (κ1) is 13.8. The van der Waals surface area contributed by atoms with E-state index in [0.717, 1.165) is 11.1 Å². The van der Waals surface area contributed by atoms with Crippen molar-refractivity contribution < 1.29 is 14.6 Å². The largest absolute Gasteiger partial charge is 0.488 e. The highest BCUT2D eigenvalue weighted by Crippen LogP contribution is 2.21. The van der Waals surface area contributed by atoms with Gasteiger partial charge in [0.2, 0.25) is 0 Å². The molecular weight excluding hydrogens is 240 g/mol. The lowest BCUT2D eigenvalue weighted by atomic mass is 10.1. The number of rotatable bonds is 6. The van der Waals surface area contributed by atoms with Crippen molar-refractivity contribution in [2.24, 2.45) is 0 Å². The molecule has 0 aromatic heterocycles. The van der Waals surface area contributed by atoms with Crippen molar-refractivity contribution in [1.29, 1.82) is 0 Å². The Labute approximate surface area is 113 Å². The van der Waals surface area contributed by atoms with Crippen molar-refractivity contribution >= 4 is 10.8 Å². The molecule has 0 aliphatic heterocycles. The Balaban J connectivity index is 1.96.